The average Bonchev–Trinajstić information content (AvgIpc) is 2.92. The summed E-state index contributed by atoms with van der Waals surface area (Å²) in [5.74, 6) is 0.848. The van der Waals surface area contributed by atoms with E-state index in [2.05, 4.69) is 26.1 Å². The van der Waals surface area contributed by atoms with Gasteiger partial charge >= 0.3 is 0 Å². The van der Waals surface area contributed by atoms with Gasteiger partial charge in [-0.05, 0) is 66.8 Å². The summed E-state index contributed by atoms with van der Waals surface area (Å²) in [5, 5.41) is 14.5. The van der Waals surface area contributed by atoms with Crippen LogP contribution in [0.25, 0.3) is 0 Å². The van der Waals surface area contributed by atoms with Crippen molar-refractivity contribution in [1.29, 1.82) is 0 Å². The molecular formula is C20H25NO2S. The largest absolute Gasteiger partial charge is 0.508 e. The van der Waals surface area contributed by atoms with Gasteiger partial charge in [0.25, 0.3) is 5.91 Å². The number of aryl methyl sites for hydroxylation is 1. The van der Waals surface area contributed by atoms with E-state index in [0.717, 1.165) is 36.1 Å². The first kappa shape index (κ1) is 17.0. The lowest BCUT2D eigenvalue weighted by molar-refractivity contribution is 0.102. The van der Waals surface area contributed by atoms with Gasteiger partial charge in [0.15, 0.2) is 0 Å². The molecule has 1 heterocycles. The molecule has 0 spiro atoms. The summed E-state index contributed by atoms with van der Waals surface area (Å²) in [7, 11) is 0. The Morgan fingerprint density at radius 2 is 2.08 bits per heavy atom. The fraction of sp³-hybridized carbons (Fsp3) is 0.450. The summed E-state index contributed by atoms with van der Waals surface area (Å²) in [4.78, 5) is 14.1. The Kier molecular flexibility index (Phi) is 4.43. The van der Waals surface area contributed by atoms with Crippen molar-refractivity contribution < 1.29 is 9.90 Å². The molecule has 4 heteroatoms. The summed E-state index contributed by atoms with van der Waals surface area (Å²) < 4.78 is 0. The first-order valence-corrected chi connectivity index (χ1v) is 9.34. The number of amides is 1. The third kappa shape index (κ3) is 3.34. The molecule has 0 bridgehead atoms. The first-order valence-electron chi connectivity index (χ1n) is 8.46. The molecule has 0 fully saturated rings. The second kappa shape index (κ2) is 6.25. The van der Waals surface area contributed by atoms with E-state index in [4.69, 9.17) is 0 Å². The Balaban J connectivity index is 1.79. The van der Waals surface area contributed by atoms with Crippen molar-refractivity contribution in [1.82, 2.24) is 0 Å². The van der Waals surface area contributed by atoms with E-state index in [-0.39, 0.29) is 11.7 Å². The summed E-state index contributed by atoms with van der Waals surface area (Å²) in [6.45, 7) is 8.79. The maximum absolute atomic E-state index is 12.7. The highest BCUT2D eigenvalue weighted by Gasteiger charge is 2.31. The van der Waals surface area contributed by atoms with Crippen LogP contribution in [0.3, 0.4) is 0 Å². The predicted molar refractivity (Wildman–Crippen MR) is 100 cm³/mol. The molecule has 1 unspecified atom stereocenters. The van der Waals surface area contributed by atoms with E-state index in [9.17, 15) is 9.90 Å². The monoisotopic (exact) mass is 343 g/mol. The smallest absolute Gasteiger partial charge is 0.256 e. The number of phenols is 1. The van der Waals surface area contributed by atoms with Gasteiger partial charge in [0.05, 0.1) is 5.56 Å². The van der Waals surface area contributed by atoms with Gasteiger partial charge in [-0.25, -0.2) is 0 Å². The van der Waals surface area contributed by atoms with Gasteiger partial charge in [0.2, 0.25) is 0 Å². The summed E-state index contributed by atoms with van der Waals surface area (Å²) in [6.07, 6.45) is 3.21. The summed E-state index contributed by atoms with van der Waals surface area (Å²) >= 11 is 1.72. The summed E-state index contributed by atoms with van der Waals surface area (Å²) in [5.41, 5.74) is 3.97. The maximum Gasteiger partial charge on any atom is 0.256 e. The molecular weight excluding hydrogens is 318 g/mol. The minimum absolute atomic E-state index is 0.0458. The molecule has 128 valence electrons. The zero-order valence-electron chi connectivity index (χ0n) is 14.8. The fourth-order valence-corrected chi connectivity index (χ4v) is 4.58. The molecule has 0 saturated heterocycles. The highest BCUT2D eigenvalue weighted by molar-refractivity contribution is 7.10. The third-order valence-corrected chi connectivity index (χ3v) is 6.13. The Morgan fingerprint density at radius 1 is 1.33 bits per heavy atom. The van der Waals surface area contributed by atoms with Gasteiger partial charge in [-0.1, -0.05) is 20.8 Å². The van der Waals surface area contributed by atoms with Crippen molar-refractivity contribution >= 4 is 22.9 Å². The number of anilines is 1. The van der Waals surface area contributed by atoms with Crippen molar-refractivity contribution in [2.45, 2.75) is 47.0 Å². The van der Waals surface area contributed by atoms with Crippen LogP contribution in [0.15, 0.2) is 23.6 Å². The SMILES string of the molecule is Cc1cc(O)ccc1NC(=O)c1csc2c1CCC(C(C)(C)C)C2. The number of aromatic hydroxyl groups is 1. The molecule has 0 radical (unpaired) electrons. The van der Waals surface area contributed by atoms with Crippen LogP contribution < -0.4 is 5.32 Å². The van der Waals surface area contributed by atoms with Gasteiger partial charge in [0, 0.05) is 15.9 Å². The van der Waals surface area contributed by atoms with Crippen molar-refractivity contribution in [2.75, 3.05) is 5.32 Å². The van der Waals surface area contributed by atoms with Crippen LogP contribution in [0, 0.1) is 18.3 Å². The predicted octanol–water partition coefficient (Wildman–Crippen LogP) is 5.17. The van der Waals surface area contributed by atoms with Gasteiger partial charge < -0.3 is 10.4 Å². The number of nitrogens with one attached hydrogen (secondary N) is 1. The number of rotatable bonds is 2. The molecule has 1 amide bonds. The average molecular weight is 343 g/mol. The Bertz CT molecular complexity index is 770. The van der Waals surface area contributed by atoms with E-state index in [0.29, 0.717) is 11.3 Å². The lowest BCUT2D eigenvalue weighted by Gasteiger charge is -2.34. The van der Waals surface area contributed by atoms with Crippen LogP contribution in [0.2, 0.25) is 0 Å². The standard InChI is InChI=1S/C20H25NO2S/c1-12-9-14(22)6-8-17(12)21-19(23)16-11-24-18-10-13(20(2,3)4)5-7-15(16)18/h6,8-9,11,13,22H,5,7,10H2,1-4H3,(H,21,23). The molecule has 3 nitrogen and oxygen atoms in total. The topological polar surface area (TPSA) is 49.3 Å². The molecule has 3 rings (SSSR count). The molecule has 1 aliphatic rings. The molecule has 1 aromatic carbocycles. The number of carbonyl (C=O) groups is 1. The minimum Gasteiger partial charge on any atom is -0.508 e. The van der Waals surface area contributed by atoms with E-state index < -0.39 is 0 Å². The normalized spacial score (nSPS) is 17.4. The molecule has 1 aliphatic carbocycles. The zero-order chi connectivity index (χ0) is 17.5. The number of carbonyl (C=O) groups excluding carboxylic acids is 1. The number of phenolic OH excluding ortho intramolecular Hbond substituents is 1. The molecule has 2 aromatic rings. The third-order valence-electron chi connectivity index (χ3n) is 5.08. The van der Waals surface area contributed by atoms with E-state index in [1.165, 1.54) is 10.4 Å². The maximum atomic E-state index is 12.7. The molecule has 1 atom stereocenters. The number of hydrogen-bond donors (Lipinski definition) is 2. The molecule has 0 aliphatic heterocycles. The van der Waals surface area contributed by atoms with Crippen molar-refractivity contribution in [3.63, 3.8) is 0 Å². The van der Waals surface area contributed by atoms with Gasteiger partial charge in [-0.3, -0.25) is 4.79 Å². The molecule has 24 heavy (non-hydrogen) atoms. The van der Waals surface area contributed by atoms with Crippen LogP contribution in [0.4, 0.5) is 5.69 Å². The van der Waals surface area contributed by atoms with E-state index in [1.54, 1.807) is 29.5 Å². The summed E-state index contributed by atoms with van der Waals surface area (Å²) in [6, 6.07) is 5.00. The number of hydrogen-bond acceptors (Lipinski definition) is 3. The van der Waals surface area contributed by atoms with Crippen LogP contribution >= 0.6 is 11.3 Å². The minimum atomic E-state index is -0.0458. The number of fused-ring (bicyclic) bond motifs is 1. The van der Waals surface area contributed by atoms with Crippen molar-refractivity contribution in [3.8, 4) is 5.75 Å². The van der Waals surface area contributed by atoms with Crippen LogP contribution in [0.5, 0.6) is 5.75 Å². The van der Waals surface area contributed by atoms with Crippen molar-refractivity contribution in [2.24, 2.45) is 11.3 Å². The highest BCUT2D eigenvalue weighted by atomic mass is 32.1. The van der Waals surface area contributed by atoms with Crippen LogP contribution in [0.1, 0.15) is 53.6 Å². The second-order valence-corrected chi connectivity index (χ2v) is 8.77. The molecule has 1 aromatic heterocycles. The molecule has 0 saturated carbocycles. The van der Waals surface area contributed by atoms with Crippen molar-refractivity contribution in [3.05, 3.63) is 45.1 Å². The van der Waals surface area contributed by atoms with Crippen LogP contribution in [-0.4, -0.2) is 11.0 Å². The van der Waals surface area contributed by atoms with Gasteiger partial charge in [-0.15, -0.1) is 11.3 Å². The highest BCUT2D eigenvalue weighted by Crippen LogP contribution is 2.40. The quantitative estimate of drug-likeness (QED) is 0.740. The zero-order valence-corrected chi connectivity index (χ0v) is 15.6. The van der Waals surface area contributed by atoms with Gasteiger partial charge in [0.1, 0.15) is 5.75 Å². The second-order valence-electron chi connectivity index (χ2n) is 7.81. The van der Waals surface area contributed by atoms with Gasteiger partial charge in [-0.2, -0.15) is 0 Å². The van der Waals surface area contributed by atoms with E-state index in [1.807, 2.05) is 12.3 Å². The lowest BCUT2D eigenvalue weighted by atomic mass is 9.72. The number of thiophene rings is 1. The first-order chi connectivity index (χ1) is 11.3. The van der Waals surface area contributed by atoms with E-state index >= 15 is 0 Å². The number of benzene rings is 1. The Morgan fingerprint density at radius 3 is 2.75 bits per heavy atom. The Hall–Kier alpha value is -1.81. The molecule has 2 N–H and O–H groups in total. The fourth-order valence-electron chi connectivity index (χ4n) is 3.42. The Labute approximate surface area is 147 Å². The van der Waals surface area contributed by atoms with Crippen LogP contribution in [-0.2, 0) is 12.8 Å². The lowest BCUT2D eigenvalue weighted by Crippen LogP contribution is -2.27.